The van der Waals surface area contributed by atoms with Crippen LogP contribution in [0.15, 0.2) is 28.9 Å². The van der Waals surface area contributed by atoms with E-state index < -0.39 is 5.82 Å². The van der Waals surface area contributed by atoms with E-state index in [0.29, 0.717) is 22.0 Å². The average molecular weight is 327 g/mol. The van der Waals surface area contributed by atoms with Gasteiger partial charge in [0.25, 0.3) is 0 Å². The third-order valence-corrected chi connectivity index (χ3v) is 2.97. The van der Waals surface area contributed by atoms with Crippen LogP contribution in [0.5, 0.6) is 5.75 Å². The summed E-state index contributed by atoms with van der Waals surface area (Å²) in [4.78, 5) is 8.22. The van der Waals surface area contributed by atoms with Crippen molar-refractivity contribution in [3.63, 3.8) is 0 Å². The van der Waals surface area contributed by atoms with Gasteiger partial charge in [-0.3, -0.25) is 0 Å². The van der Waals surface area contributed by atoms with E-state index in [-0.39, 0.29) is 5.69 Å². The summed E-state index contributed by atoms with van der Waals surface area (Å²) in [6.45, 7) is 0. The summed E-state index contributed by atoms with van der Waals surface area (Å²) in [7, 11) is 3.23. The molecule has 0 saturated carbocycles. The molecule has 5 nitrogen and oxygen atoms in total. The van der Waals surface area contributed by atoms with E-state index in [0.717, 1.165) is 0 Å². The topological polar surface area (TPSA) is 59.1 Å². The summed E-state index contributed by atoms with van der Waals surface area (Å²) < 4.78 is 19.4. The highest BCUT2D eigenvalue weighted by Crippen LogP contribution is 2.28. The van der Waals surface area contributed by atoms with Crippen LogP contribution in [-0.2, 0) is 0 Å². The molecule has 0 spiro atoms. The summed E-state index contributed by atoms with van der Waals surface area (Å²) in [5.74, 6) is 1.07. The number of benzene rings is 1. The molecule has 1 heterocycles. The van der Waals surface area contributed by atoms with Crippen LogP contribution in [0.1, 0.15) is 0 Å². The molecule has 0 aliphatic heterocycles. The van der Waals surface area contributed by atoms with Crippen LogP contribution in [0.3, 0.4) is 0 Å². The van der Waals surface area contributed by atoms with E-state index in [1.165, 1.54) is 13.2 Å². The lowest BCUT2D eigenvalue weighted by Crippen LogP contribution is -2.02. The third kappa shape index (κ3) is 3.11. The number of methoxy groups -OCH3 is 1. The Hall–Kier alpha value is -1.89. The predicted octanol–water partition coefficient (Wildman–Crippen LogP) is 3.17. The average Bonchev–Trinajstić information content (AvgIpc) is 2.43. The van der Waals surface area contributed by atoms with E-state index in [2.05, 4.69) is 36.5 Å². The van der Waals surface area contributed by atoms with Crippen LogP contribution in [-0.4, -0.2) is 24.1 Å². The lowest BCUT2D eigenvalue weighted by atomic mass is 10.3. The van der Waals surface area contributed by atoms with Crippen LogP contribution in [0.25, 0.3) is 0 Å². The SMILES string of the molecule is CNc1ncc(Br)c(Nc2cc(OC)ccc2F)n1. The number of halogens is 2. The second-order valence-electron chi connectivity index (χ2n) is 3.61. The summed E-state index contributed by atoms with van der Waals surface area (Å²) in [6, 6.07) is 4.44. The molecule has 0 aliphatic carbocycles. The Labute approximate surface area is 118 Å². The van der Waals surface area contributed by atoms with Gasteiger partial charge < -0.3 is 15.4 Å². The number of nitrogens with zero attached hydrogens (tertiary/aromatic N) is 2. The molecule has 1 aromatic carbocycles. The summed E-state index contributed by atoms with van der Waals surface area (Å²) in [5, 5.41) is 5.71. The Morgan fingerprint density at radius 3 is 2.84 bits per heavy atom. The second-order valence-corrected chi connectivity index (χ2v) is 4.47. The van der Waals surface area contributed by atoms with Crippen molar-refractivity contribution >= 4 is 33.4 Å². The lowest BCUT2D eigenvalue weighted by Gasteiger charge is -2.10. The monoisotopic (exact) mass is 326 g/mol. The zero-order chi connectivity index (χ0) is 13.8. The van der Waals surface area contributed by atoms with E-state index in [4.69, 9.17) is 4.74 Å². The van der Waals surface area contributed by atoms with Gasteiger partial charge in [-0.2, -0.15) is 4.98 Å². The zero-order valence-corrected chi connectivity index (χ0v) is 12.0. The highest BCUT2D eigenvalue weighted by atomic mass is 79.9. The van der Waals surface area contributed by atoms with Crippen molar-refractivity contribution in [1.29, 1.82) is 0 Å². The Bertz CT molecular complexity index is 542. The van der Waals surface area contributed by atoms with Crippen LogP contribution in [0, 0.1) is 5.82 Å². The summed E-state index contributed by atoms with van der Waals surface area (Å²) in [5.41, 5.74) is 0.279. The molecule has 0 unspecified atom stereocenters. The van der Waals surface area contributed by atoms with Crippen molar-refractivity contribution in [2.24, 2.45) is 0 Å². The van der Waals surface area contributed by atoms with Gasteiger partial charge in [-0.25, -0.2) is 9.37 Å². The predicted molar refractivity (Wildman–Crippen MR) is 75.5 cm³/mol. The van der Waals surface area contributed by atoms with E-state index >= 15 is 0 Å². The first-order chi connectivity index (χ1) is 9.13. The molecule has 1 aromatic heterocycles. The minimum atomic E-state index is -0.391. The van der Waals surface area contributed by atoms with Crippen LogP contribution >= 0.6 is 15.9 Å². The van der Waals surface area contributed by atoms with Gasteiger partial charge in [-0.15, -0.1) is 0 Å². The quantitative estimate of drug-likeness (QED) is 0.903. The third-order valence-electron chi connectivity index (χ3n) is 2.39. The van der Waals surface area contributed by atoms with E-state index in [1.807, 2.05) is 0 Å². The summed E-state index contributed by atoms with van der Waals surface area (Å²) in [6.07, 6.45) is 1.58. The number of nitrogens with one attached hydrogen (secondary N) is 2. The molecule has 0 fully saturated rings. The van der Waals surface area contributed by atoms with Gasteiger partial charge in [0, 0.05) is 19.3 Å². The first-order valence-electron chi connectivity index (χ1n) is 5.45. The Morgan fingerprint density at radius 2 is 2.16 bits per heavy atom. The maximum atomic E-state index is 13.7. The molecule has 19 heavy (non-hydrogen) atoms. The molecule has 2 rings (SSSR count). The fraction of sp³-hybridized carbons (Fsp3) is 0.167. The number of rotatable bonds is 4. The van der Waals surface area contributed by atoms with Crippen molar-refractivity contribution in [2.45, 2.75) is 0 Å². The van der Waals surface area contributed by atoms with Gasteiger partial charge in [-0.05, 0) is 28.1 Å². The molecule has 0 radical (unpaired) electrons. The van der Waals surface area contributed by atoms with Gasteiger partial charge in [-0.1, -0.05) is 0 Å². The van der Waals surface area contributed by atoms with Crippen LogP contribution < -0.4 is 15.4 Å². The maximum absolute atomic E-state index is 13.7. The molecule has 100 valence electrons. The number of hydrogen-bond acceptors (Lipinski definition) is 5. The van der Waals surface area contributed by atoms with Gasteiger partial charge in [0.2, 0.25) is 5.95 Å². The summed E-state index contributed by atoms with van der Waals surface area (Å²) >= 11 is 3.31. The molecule has 0 atom stereocenters. The van der Waals surface area contributed by atoms with Gasteiger partial charge >= 0.3 is 0 Å². The molecular weight excluding hydrogens is 315 g/mol. The van der Waals surface area contributed by atoms with Crippen molar-refractivity contribution in [3.8, 4) is 5.75 Å². The number of anilines is 3. The minimum absolute atomic E-state index is 0.279. The zero-order valence-electron chi connectivity index (χ0n) is 10.4. The second kappa shape index (κ2) is 5.83. The number of aromatic nitrogens is 2. The molecule has 7 heteroatoms. The first-order valence-corrected chi connectivity index (χ1v) is 6.24. The molecular formula is C12H12BrFN4O. The molecule has 2 aromatic rings. The smallest absolute Gasteiger partial charge is 0.224 e. The van der Waals surface area contributed by atoms with Crippen molar-refractivity contribution in [3.05, 3.63) is 34.7 Å². The number of ether oxygens (including phenoxy) is 1. The highest BCUT2D eigenvalue weighted by molar-refractivity contribution is 9.10. The Morgan fingerprint density at radius 1 is 1.37 bits per heavy atom. The van der Waals surface area contributed by atoms with Gasteiger partial charge in [0.05, 0.1) is 17.3 Å². The highest BCUT2D eigenvalue weighted by Gasteiger charge is 2.09. The molecule has 0 bridgehead atoms. The van der Waals surface area contributed by atoms with Crippen molar-refractivity contribution in [2.75, 3.05) is 24.8 Å². The minimum Gasteiger partial charge on any atom is -0.497 e. The molecule has 0 amide bonds. The number of hydrogen-bond donors (Lipinski definition) is 2. The van der Waals surface area contributed by atoms with Crippen molar-refractivity contribution in [1.82, 2.24) is 9.97 Å². The standard InChI is InChI=1S/C12H12BrFN4O/c1-15-12-16-6-8(13)11(18-12)17-10-5-7(19-2)3-4-9(10)14/h3-6H,1-2H3,(H2,15,16,17,18). The largest absolute Gasteiger partial charge is 0.497 e. The van der Waals surface area contributed by atoms with Crippen LogP contribution in [0.2, 0.25) is 0 Å². The maximum Gasteiger partial charge on any atom is 0.224 e. The molecule has 0 saturated heterocycles. The Kier molecular flexibility index (Phi) is 4.16. The van der Waals surface area contributed by atoms with Gasteiger partial charge in [0.1, 0.15) is 17.4 Å². The van der Waals surface area contributed by atoms with E-state index in [1.54, 1.807) is 25.4 Å². The van der Waals surface area contributed by atoms with Crippen molar-refractivity contribution < 1.29 is 9.13 Å². The van der Waals surface area contributed by atoms with Crippen LogP contribution in [0.4, 0.5) is 21.8 Å². The normalized spacial score (nSPS) is 10.1. The fourth-order valence-electron chi connectivity index (χ4n) is 1.43. The molecule has 0 aliphatic rings. The van der Waals surface area contributed by atoms with Gasteiger partial charge in [0.15, 0.2) is 0 Å². The molecule has 2 N–H and O–H groups in total. The Balaban J connectivity index is 2.35. The lowest BCUT2D eigenvalue weighted by molar-refractivity contribution is 0.414. The fourth-order valence-corrected chi connectivity index (χ4v) is 1.72. The van der Waals surface area contributed by atoms with E-state index in [9.17, 15) is 4.39 Å². The first kappa shape index (κ1) is 13.5.